The third-order valence-electron chi connectivity index (χ3n) is 3.56. The number of carbonyl (C=O) groups is 2. The Hall–Kier alpha value is -2.89. The van der Waals surface area contributed by atoms with Crippen LogP contribution in [0.5, 0.6) is 5.75 Å². The predicted octanol–water partition coefficient (Wildman–Crippen LogP) is 2.87. The minimum absolute atomic E-state index is 0.0808. The van der Waals surface area contributed by atoms with Gasteiger partial charge in [-0.1, -0.05) is 19.4 Å². The van der Waals surface area contributed by atoms with Gasteiger partial charge in [0.15, 0.2) is 0 Å². The average molecular weight is 330 g/mol. The summed E-state index contributed by atoms with van der Waals surface area (Å²) in [4.78, 5) is 23.5. The first-order chi connectivity index (χ1) is 11.5. The Bertz CT molecular complexity index is 743. The van der Waals surface area contributed by atoms with E-state index in [0.717, 1.165) is 12.8 Å². The van der Waals surface area contributed by atoms with Crippen LogP contribution in [0.3, 0.4) is 0 Å². The van der Waals surface area contributed by atoms with Gasteiger partial charge < -0.3 is 16.2 Å². The molecule has 4 N–H and O–H groups in total. The van der Waals surface area contributed by atoms with Crippen molar-refractivity contribution in [2.75, 3.05) is 6.61 Å². The number of amides is 2. The fraction of sp³-hybridized carbons (Fsp3) is 0.222. The molecule has 0 unspecified atom stereocenters. The van der Waals surface area contributed by atoms with E-state index in [0.29, 0.717) is 12.4 Å². The fourth-order valence-electron chi connectivity index (χ4n) is 2.40. The number of primary amides is 2. The molecule has 0 saturated heterocycles. The molecule has 0 heterocycles. The van der Waals surface area contributed by atoms with E-state index in [1.165, 1.54) is 36.4 Å². The SMILES string of the molecule is CCCCOc1ccc(F)cc1-c1c(C(N)=O)cccc1C(N)=O. The van der Waals surface area contributed by atoms with E-state index in [1.807, 2.05) is 6.92 Å². The van der Waals surface area contributed by atoms with Gasteiger partial charge in [-0.05, 0) is 36.8 Å². The number of unbranched alkanes of at least 4 members (excludes halogenated alkanes) is 1. The van der Waals surface area contributed by atoms with E-state index in [-0.39, 0.29) is 22.3 Å². The maximum absolute atomic E-state index is 13.8. The summed E-state index contributed by atoms with van der Waals surface area (Å²) in [6, 6.07) is 8.34. The van der Waals surface area contributed by atoms with Crippen molar-refractivity contribution in [2.24, 2.45) is 11.5 Å². The van der Waals surface area contributed by atoms with Crippen LogP contribution in [0, 0.1) is 5.82 Å². The summed E-state index contributed by atoms with van der Waals surface area (Å²) >= 11 is 0. The molecule has 0 aromatic heterocycles. The molecule has 0 atom stereocenters. The highest BCUT2D eigenvalue weighted by molar-refractivity contribution is 6.08. The number of hydrogen-bond donors (Lipinski definition) is 2. The normalized spacial score (nSPS) is 10.4. The minimum Gasteiger partial charge on any atom is -0.493 e. The Morgan fingerprint density at radius 1 is 1.08 bits per heavy atom. The Balaban J connectivity index is 2.68. The summed E-state index contributed by atoms with van der Waals surface area (Å²) in [6.45, 7) is 2.45. The number of hydrogen-bond acceptors (Lipinski definition) is 3. The molecule has 0 saturated carbocycles. The lowest BCUT2D eigenvalue weighted by molar-refractivity contribution is 0.0999. The van der Waals surface area contributed by atoms with Crippen LogP contribution in [-0.2, 0) is 0 Å². The first-order valence-electron chi connectivity index (χ1n) is 7.61. The molecular weight excluding hydrogens is 311 g/mol. The molecule has 6 heteroatoms. The van der Waals surface area contributed by atoms with Crippen LogP contribution in [0.25, 0.3) is 11.1 Å². The number of halogens is 1. The van der Waals surface area contributed by atoms with Gasteiger partial charge in [0.05, 0.1) is 6.61 Å². The molecule has 0 fully saturated rings. The number of rotatable bonds is 7. The van der Waals surface area contributed by atoms with Crippen LogP contribution >= 0.6 is 0 Å². The number of ether oxygens (including phenoxy) is 1. The lowest BCUT2D eigenvalue weighted by Crippen LogP contribution is -2.18. The molecule has 0 aliphatic carbocycles. The third-order valence-corrected chi connectivity index (χ3v) is 3.56. The third kappa shape index (κ3) is 3.71. The van der Waals surface area contributed by atoms with E-state index in [4.69, 9.17) is 16.2 Å². The first-order valence-corrected chi connectivity index (χ1v) is 7.61. The number of carbonyl (C=O) groups excluding carboxylic acids is 2. The molecule has 2 aromatic rings. The maximum Gasteiger partial charge on any atom is 0.249 e. The second-order valence-electron chi connectivity index (χ2n) is 5.30. The molecule has 0 bridgehead atoms. The zero-order valence-corrected chi connectivity index (χ0v) is 13.3. The molecule has 0 aliphatic rings. The van der Waals surface area contributed by atoms with Crippen molar-refractivity contribution in [3.8, 4) is 16.9 Å². The van der Waals surface area contributed by atoms with Gasteiger partial charge in [-0.25, -0.2) is 4.39 Å². The van der Waals surface area contributed by atoms with Crippen molar-refractivity contribution in [1.82, 2.24) is 0 Å². The van der Waals surface area contributed by atoms with E-state index in [9.17, 15) is 14.0 Å². The second kappa shape index (κ2) is 7.59. The van der Waals surface area contributed by atoms with Gasteiger partial charge in [0.2, 0.25) is 11.8 Å². The van der Waals surface area contributed by atoms with Crippen molar-refractivity contribution >= 4 is 11.8 Å². The summed E-state index contributed by atoms with van der Waals surface area (Å²) in [6.07, 6.45) is 1.75. The highest BCUT2D eigenvalue weighted by Crippen LogP contribution is 2.35. The molecule has 0 radical (unpaired) electrons. The van der Waals surface area contributed by atoms with E-state index in [1.54, 1.807) is 0 Å². The van der Waals surface area contributed by atoms with Crippen LogP contribution in [0.4, 0.5) is 4.39 Å². The van der Waals surface area contributed by atoms with E-state index < -0.39 is 17.6 Å². The molecule has 0 spiro atoms. The zero-order valence-electron chi connectivity index (χ0n) is 13.3. The maximum atomic E-state index is 13.8. The molecule has 24 heavy (non-hydrogen) atoms. The van der Waals surface area contributed by atoms with Crippen molar-refractivity contribution in [1.29, 1.82) is 0 Å². The van der Waals surface area contributed by atoms with Gasteiger partial charge in [0, 0.05) is 22.3 Å². The molecule has 2 aromatic carbocycles. The molecule has 2 rings (SSSR count). The Kier molecular flexibility index (Phi) is 5.52. The highest BCUT2D eigenvalue weighted by atomic mass is 19.1. The van der Waals surface area contributed by atoms with Gasteiger partial charge in [0.25, 0.3) is 0 Å². The van der Waals surface area contributed by atoms with Gasteiger partial charge >= 0.3 is 0 Å². The summed E-state index contributed by atoms with van der Waals surface area (Å²) in [5, 5.41) is 0. The lowest BCUT2D eigenvalue weighted by atomic mass is 9.92. The van der Waals surface area contributed by atoms with Gasteiger partial charge in [-0.15, -0.1) is 0 Å². The number of benzene rings is 2. The van der Waals surface area contributed by atoms with Crippen LogP contribution in [0.1, 0.15) is 40.5 Å². The van der Waals surface area contributed by atoms with Gasteiger partial charge in [-0.3, -0.25) is 9.59 Å². The molecular formula is C18H19FN2O3. The second-order valence-corrected chi connectivity index (χ2v) is 5.30. The van der Waals surface area contributed by atoms with Crippen molar-refractivity contribution in [2.45, 2.75) is 19.8 Å². The zero-order chi connectivity index (χ0) is 17.7. The van der Waals surface area contributed by atoms with Crippen LogP contribution in [-0.4, -0.2) is 18.4 Å². The van der Waals surface area contributed by atoms with Gasteiger partial charge in [0.1, 0.15) is 11.6 Å². The topological polar surface area (TPSA) is 95.4 Å². The smallest absolute Gasteiger partial charge is 0.249 e. The van der Waals surface area contributed by atoms with Crippen molar-refractivity contribution in [3.05, 3.63) is 53.3 Å². The summed E-state index contributed by atoms with van der Waals surface area (Å²) in [7, 11) is 0. The summed E-state index contributed by atoms with van der Waals surface area (Å²) in [5.74, 6) is -1.64. The Morgan fingerprint density at radius 2 is 1.71 bits per heavy atom. The lowest BCUT2D eigenvalue weighted by Gasteiger charge is -2.16. The van der Waals surface area contributed by atoms with Crippen molar-refractivity contribution < 1.29 is 18.7 Å². The standard InChI is InChI=1S/C18H19FN2O3/c1-2-3-9-24-15-8-7-11(19)10-14(15)16-12(17(20)22)5-4-6-13(16)18(21)23/h4-8,10H,2-3,9H2,1H3,(H2,20,22)(H2,21,23). The van der Waals surface area contributed by atoms with Crippen LogP contribution in [0.15, 0.2) is 36.4 Å². The van der Waals surface area contributed by atoms with E-state index in [2.05, 4.69) is 0 Å². The van der Waals surface area contributed by atoms with Crippen molar-refractivity contribution in [3.63, 3.8) is 0 Å². The van der Waals surface area contributed by atoms with Crippen LogP contribution in [0.2, 0.25) is 0 Å². The largest absolute Gasteiger partial charge is 0.493 e. The molecule has 0 aliphatic heterocycles. The summed E-state index contributed by atoms with van der Waals surface area (Å²) in [5.41, 5.74) is 11.4. The summed E-state index contributed by atoms with van der Waals surface area (Å²) < 4.78 is 19.5. The molecule has 5 nitrogen and oxygen atoms in total. The Labute approximate surface area is 139 Å². The number of nitrogens with two attached hydrogens (primary N) is 2. The minimum atomic E-state index is -0.739. The highest BCUT2D eigenvalue weighted by Gasteiger charge is 2.21. The Morgan fingerprint density at radius 3 is 2.25 bits per heavy atom. The molecule has 126 valence electrons. The first kappa shape index (κ1) is 17.5. The van der Waals surface area contributed by atoms with Gasteiger partial charge in [-0.2, -0.15) is 0 Å². The predicted molar refractivity (Wildman–Crippen MR) is 89.3 cm³/mol. The quantitative estimate of drug-likeness (QED) is 0.764. The van der Waals surface area contributed by atoms with E-state index >= 15 is 0 Å². The fourth-order valence-corrected chi connectivity index (χ4v) is 2.40. The average Bonchev–Trinajstić information content (AvgIpc) is 2.55. The molecule has 2 amide bonds. The van der Waals surface area contributed by atoms with Crippen LogP contribution < -0.4 is 16.2 Å². The monoisotopic (exact) mass is 330 g/mol.